The largest absolute Gasteiger partial charge is 0.369 e. The topological polar surface area (TPSA) is 86.8 Å². The Labute approximate surface area is 145 Å². The van der Waals surface area contributed by atoms with Crippen LogP contribution in [0, 0.1) is 0 Å². The fraction of sp³-hybridized carbons (Fsp3) is 0.444. The van der Waals surface area contributed by atoms with E-state index in [9.17, 15) is 19.2 Å². The van der Waals surface area contributed by atoms with Crippen molar-refractivity contribution >= 4 is 29.1 Å². The highest BCUT2D eigenvalue weighted by atomic mass is 16.2. The highest BCUT2D eigenvalue weighted by molar-refractivity contribution is 6.24. The van der Waals surface area contributed by atoms with Gasteiger partial charge in [-0.2, -0.15) is 0 Å². The van der Waals surface area contributed by atoms with Crippen LogP contribution < -0.4 is 10.2 Å². The zero-order valence-corrected chi connectivity index (χ0v) is 13.8. The van der Waals surface area contributed by atoms with Crippen molar-refractivity contribution in [2.45, 2.75) is 25.3 Å². The fourth-order valence-electron chi connectivity index (χ4n) is 3.78. The molecule has 0 bridgehead atoms. The van der Waals surface area contributed by atoms with Crippen molar-refractivity contribution in [3.05, 3.63) is 29.3 Å². The van der Waals surface area contributed by atoms with E-state index in [4.69, 9.17) is 0 Å². The zero-order chi connectivity index (χ0) is 17.6. The van der Waals surface area contributed by atoms with Gasteiger partial charge in [-0.05, 0) is 24.6 Å². The number of hydrogen-bond acceptors (Lipinski definition) is 6. The highest BCUT2D eigenvalue weighted by Crippen LogP contribution is 2.31. The number of anilines is 1. The molecule has 2 fully saturated rings. The normalized spacial score (nSPS) is 24.1. The van der Waals surface area contributed by atoms with Crippen LogP contribution in [0.2, 0.25) is 0 Å². The van der Waals surface area contributed by atoms with Crippen LogP contribution in [0.3, 0.4) is 0 Å². The predicted molar refractivity (Wildman–Crippen MR) is 89.7 cm³/mol. The van der Waals surface area contributed by atoms with Crippen LogP contribution in [-0.2, 0) is 9.59 Å². The molecule has 0 spiro atoms. The Hall–Kier alpha value is -2.54. The van der Waals surface area contributed by atoms with Crippen molar-refractivity contribution in [2.24, 2.45) is 0 Å². The number of benzene rings is 1. The van der Waals surface area contributed by atoms with Gasteiger partial charge in [0.25, 0.3) is 11.8 Å². The second kappa shape index (κ2) is 6.07. The van der Waals surface area contributed by atoms with E-state index in [0.717, 1.165) is 36.8 Å². The maximum atomic E-state index is 12.8. The molecular formula is C18H19N3O4. The SMILES string of the molecule is O=C1CCC(N2C(=O)c3ccc(N4CCNCC4)cc3C2=O)C(=O)C1. The average Bonchev–Trinajstić information content (AvgIpc) is 2.87. The Kier molecular flexibility index (Phi) is 3.88. The summed E-state index contributed by atoms with van der Waals surface area (Å²) < 4.78 is 0. The first kappa shape index (κ1) is 16.0. The van der Waals surface area contributed by atoms with Crippen LogP contribution in [0.25, 0.3) is 0 Å². The number of fused-ring (bicyclic) bond motifs is 1. The van der Waals surface area contributed by atoms with Crippen molar-refractivity contribution in [1.82, 2.24) is 10.2 Å². The molecule has 1 saturated carbocycles. The molecule has 7 nitrogen and oxygen atoms in total. The lowest BCUT2D eigenvalue weighted by Gasteiger charge is -2.29. The van der Waals surface area contributed by atoms with Gasteiger partial charge in [0.2, 0.25) is 0 Å². The molecule has 2 amide bonds. The zero-order valence-electron chi connectivity index (χ0n) is 13.8. The standard InChI is InChI=1S/C18H19N3O4/c22-12-2-4-15(16(23)10-12)21-17(24)13-3-1-11(9-14(13)18(21)25)20-7-5-19-6-8-20/h1,3,9,15,19H,2,4-8,10H2. The minimum absolute atomic E-state index is 0.126. The van der Waals surface area contributed by atoms with Gasteiger partial charge < -0.3 is 10.2 Å². The van der Waals surface area contributed by atoms with E-state index in [-0.39, 0.29) is 30.8 Å². The second-order valence-corrected chi connectivity index (χ2v) is 6.68. The number of carbonyl (C=O) groups is 4. The molecule has 25 heavy (non-hydrogen) atoms. The Morgan fingerprint density at radius 2 is 1.68 bits per heavy atom. The summed E-state index contributed by atoms with van der Waals surface area (Å²) in [7, 11) is 0. The monoisotopic (exact) mass is 341 g/mol. The molecule has 130 valence electrons. The maximum absolute atomic E-state index is 12.8. The first-order valence-electron chi connectivity index (χ1n) is 8.58. The third kappa shape index (κ3) is 2.64. The number of carbonyl (C=O) groups excluding carboxylic acids is 4. The van der Waals surface area contributed by atoms with Gasteiger partial charge in [0.1, 0.15) is 5.78 Å². The van der Waals surface area contributed by atoms with E-state index in [1.165, 1.54) is 0 Å². The molecular weight excluding hydrogens is 322 g/mol. The lowest BCUT2D eigenvalue weighted by Crippen LogP contribution is -2.47. The fourth-order valence-corrected chi connectivity index (χ4v) is 3.78. The first-order valence-corrected chi connectivity index (χ1v) is 8.58. The van der Waals surface area contributed by atoms with E-state index < -0.39 is 17.9 Å². The number of nitrogens with one attached hydrogen (secondary N) is 1. The van der Waals surface area contributed by atoms with Crippen molar-refractivity contribution in [1.29, 1.82) is 0 Å². The number of rotatable bonds is 2. The van der Waals surface area contributed by atoms with E-state index in [2.05, 4.69) is 10.2 Å². The number of nitrogens with zero attached hydrogens (tertiary/aromatic N) is 2. The average molecular weight is 341 g/mol. The summed E-state index contributed by atoms with van der Waals surface area (Å²) >= 11 is 0. The summed E-state index contributed by atoms with van der Waals surface area (Å²) in [6, 6.07) is 4.46. The quantitative estimate of drug-likeness (QED) is 0.618. The van der Waals surface area contributed by atoms with Gasteiger partial charge in [-0.1, -0.05) is 0 Å². The van der Waals surface area contributed by atoms with Gasteiger partial charge in [-0.25, -0.2) is 0 Å². The van der Waals surface area contributed by atoms with Crippen LogP contribution >= 0.6 is 0 Å². The summed E-state index contributed by atoms with van der Waals surface area (Å²) in [5, 5.41) is 3.28. The summed E-state index contributed by atoms with van der Waals surface area (Å²) in [4.78, 5) is 52.3. The lowest BCUT2D eigenvalue weighted by atomic mass is 9.92. The molecule has 3 aliphatic rings. The first-order chi connectivity index (χ1) is 12.1. The van der Waals surface area contributed by atoms with Gasteiger partial charge in [0, 0.05) is 38.3 Å². The van der Waals surface area contributed by atoms with Crippen LogP contribution in [0.15, 0.2) is 18.2 Å². The Morgan fingerprint density at radius 3 is 2.40 bits per heavy atom. The number of Topliss-reactive ketones (excluding diaryl/α,β-unsaturated/α-hetero) is 2. The Morgan fingerprint density at radius 1 is 0.960 bits per heavy atom. The third-order valence-corrected chi connectivity index (χ3v) is 5.14. The minimum Gasteiger partial charge on any atom is -0.369 e. The molecule has 2 heterocycles. The van der Waals surface area contributed by atoms with Gasteiger partial charge in [0.15, 0.2) is 5.78 Å². The molecule has 1 N–H and O–H groups in total. The number of ketones is 2. The number of piperazine rings is 1. The Bertz CT molecular complexity index is 783. The smallest absolute Gasteiger partial charge is 0.262 e. The molecule has 1 saturated heterocycles. The van der Waals surface area contributed by atoms with E-state index >= 15 is 0 Å². The molecule has 7 heteroatoms. The van der Waals surface area contributed by atoms with Gasteiger partial charge in [0.05, 0.1) is 23.6 Å². The molecule has 1 atom stereocenters. The predicted octanol–water partition coefficient (Wildman–Crippen LogP) is 0.383. The number of hydrogen-bond donors (Lipinski definition) is 1. The molecule has 1 aliphatic carbocycles. The summed E-state index contributed by atoms with van der Waals surface area (Å²) in [6.45, 7) is 3.43. The molecule has 1 aromatic rings. The molecule has 2 aliphatic heterocycles. The second-order valence-electron chi connectivity index (χ2n) is 6.68. The molecule has 0 aromatic heterocycles. The van der Waals surface area contributed by atoms with Crippen molar-refractivity contribution in [2.75, 3.05) is 31.1 Å². The number of imide groups is 1. The van der Waals surface area contributed by atoms with E-state index in [1.54, 1.807) is 12.1 Å². The van der Waals surface area contributed by atoms with E-state index in [1.807, 2.05) is 6.07 Å². The van der Waals surface area contributed by atoms with Crippen LogP contribution in [0.4, 0.5) is 5.69 Å². The third-order valence-electron chi connectivity index (χ3n) is 5.14. The van der Waals surface area contributed by atoms with Gasteiger partial charge in [-0.15, -0.1) is 0 Å². The minimum atomic E-state index is -0.812. The van der Waals surface area contributed by atoms with Crippen molar-refractivity contribution < 1.29 is 19.2 Å². The van der Waals surface area contributed by atoms with Gasteiger partial charge >= 0.3 is 0 Å². The Balaban J connectivity index is 1.63. The molecule has 4 rings (SSSR count). The van der Waals surface area contributed by atoms with Crippen molar-refractivity contribution in [3.8, 4) is 0 Å². The van der Waals surface area contributed by atoms with Crippen LogP contribution in [0.1, 0.15) is 40.0 Å². The maximum Gasteiger partial charge on any atom is 0.262 e. The highest BCUT2D eigenvalue weighted by Gasteiger charge is 2.44. The molecule has 1 aromatic carbocycles. The summed E-state index contributed by atoms with van der Waals surface area (Å²) in [6.07, 6.45) is 0.272. The molecule has 0 radical (unpaired) electrons. The van der Waals surface area contributed by atoms with Crippen LogP contribution in [0.5, 0.6) is 0 Å². The van der Waals surface area contributed by atoms with Gasteiger partial charge in [-0.3, -0.25) is 24.1 Å². The summed E-state index contributed by atoms with van der Waals surface area (Å²) in [5.74, 6) is -1.32. The molecule has 1 unspecified atom stereocenters. The van der Waals surface area contributed by atoms with Crippen molar-refractivity contribution in [3.63, 3.8) is 0 Å². The van der Waals surface area contributed by atoms with E-state index in [0.29, 0.717) is 11.1 Å². The number of amides is 2. The lowest BCUT2D eigenvalue weighted by molar-refractivity contribution is -0.132. The summed E-state index contributed by atoms with van der Waals surface area (Å²) in [5.41, 5.74) is 1.60. The van der Waals surface area contributed by atoms with Crippen LogP contribution in [-0.4, -0.2) is 60.5 Å².